The number of H-pyrrole nitrogens is 1. The number of aromatic amines is 1. The predicted octanol–water partition coefficient (Wildman–Crippen LogP) is 0.261. The summed E-state index contributed by atoms with van der Waals surface area (Å²) in [6.45, 7) is 1.69. The molecule has 0 aromatic carbocycles. The predicted molar refractivity (Wildman–Crippen MR) is 82.5 cm³/mol. The average Bonchev–Trinajstić information content (AvgIpc) is 3.24. The van der Waals surface area contributed by atoms with E-state index in [-0.39, 0.29) is 6.61 Å². The molecule has 1 saturated carbocycles. The van der Waals surface area contributed by atoms with Crippen LogP contribution in [-0.4, -0.2) is 44.9 Å². The summed E-state index contributed by atoms with van der Waals surface area (Å²) in [5.41, 5.74) is -1.95. The van der Waals surface area contributed by atoms with Gasteiger partial charge >= 0.3 is 5.69 Å². The summed E-state index contributed by atoms with van der Waals surface area (Å²) in [5, 5.41) is 9.97. The van der Waals surface area contributed by atoms with Crippen molar-refractivity contribution >= 4 is 0 Å². The molecule has 4 atom stereocenters. The summed E-state index contributed by atoms with van der Waals surface area (Å²) in [5.74, 6) is -0.640. The van der Waals surface area contributed by atoms with Gasteiger partial charge in [0.25, 0.3) is 5.56 Å². The van der Waals surface area contributed by atoms with E-state index in [0.29, 0.717) is 6.42 Å². The minimum absolute atomic E-state index is 0.224. The molecular formula is C16H22N2O6. The van der Waals surface area contributed by atoms with Crippen LogP contribution in [0.5, 0.6) is 0 Å². The van der Waals surface area contributed by atoms with Gasteiger partial charge in [-0.1, -0.05) is 6.92 Å². The summed E-state index contributed by atoms with van der Waals surface area (Å²) >= 11 is 0. The van der Waals surface area contributed by atoms with Crippen LogP contribution >= 0.6 is 0 Å². The Morgan fingerprint density at radius 2 is 2.04 bits per heavy atom. The highest BCUT2D eigenvalue weighted by Gasteiger charge is 2.64. The topological polar surface area (TPSA) is 103 Å². The van der Waals surface area contributed by atoms with Gasteiger partial charge in [0.05, 0.1) is 6.61 Å². The molecule has 0 radical (unpaired) electrons. The fourth-order valence-corrected chi connectivity index (χ4v) is 4.14. The quantitative estimate of drug-likeness (QED) is 0.820. The zero-order valence-corrected chi connectivity index (χ0v) is 13.6. The van der Waals surface area contributed by atoms with E-state index >= 15 is 0 Å². The molecule has 1 aromatic heterocycles. The van der Waals surface area contributed by atoms with Crippen LogP contribution in [0.25, 0.3) is 0 Å². The van der Waals surface area contributed by atoms with Crippen molar-refractivity contribution in [3.63, 3.8) is 0 Å². The molecule has 8 heteroatoms. The molecule has 0 unspecified atom stereocenters. The van der Waals surface area contributed by atoms with Crippen molar-refractivity contribution in [3.05, 3.63) is 33.1 Å². The molecule has 3 heterocycles. The second-order valence-corrected chi connectivity index (χ2v) is 6.84. The molecule has 1 aromatic rings. The van der Waals surface area contributed by atoms with Crippen LogP contribution in [0.15, 0.2) is 21.9 Å². The van der Waals surface area contributed by atoms with E-state index < -0.39 is 41.1 Å². The fraction of sp³-hybridized carbons (Fsp3) is 0.750. The number of aliphatic hydroxyl groups excluding tert-OH is 1. The molecule has 0 amide bonds. The van der Waals surface area contributed by atoms with Gasteiger partial charge in [-0.15, -0.1) is 0 Å². The van der Waals surface area contributed by atoms with Crippen molar-refractivity contribution in [3.8, 4) is 0 Å². The minimum atomic E-state index is -0.920. The van der Waals surface area contributed by atoms with Gasteiger partial charge in [0, 0.05) is 25.1 Å². The average molecular weight is 338 g/mol. The Hall–Kier alpha value is -1.48. The molecule has 0 bridgehead atoms. The van der Waals surface area contributed by atoms with E-state index in [0.717, 1.165) is 25.7 Å². The Morgan fingerprint density at radius 3 is 2.67 bits per heavy atom. The molecule has 1 aliphatic carbocycles. The molecule has 4 rings (SSSR count). The maximum Gasteiger partial charge on any atom is 0.330 e. The fourth-order valence-electron chi connectivity index (χ4n) is 4.14. The van der Waals surface area contributed by atoms with E-state index in [4.69, 9.17) is 14.2 Å². The molecule has 132 valence electrons. The number of hydrogen-bond acceptors (Lipinski definition) is 6. The van der Waals surface area contributed by atoms with Gasteiger partial charge in [-0.25, -0.2) is 4.79 Å². The Balaban J connectivity index is 1.75. The minimum Gasteiger partial charge on any atom is -0.393 e. The Morgan fingerprint density at radius 1 is 1.29 bits per heavy atom. The Kier molecular flexibility index (Phi) is 3.68. The largest absolute Gasteiger partial charge is 0.393 e. The molecule has 8 nitrogen and oxygen atoms in total. The summed E-state index contributed by atoms with van der Waals surface area (Å²) in [6.07, 6.45) is 3.90. The Labute approximate surface area is 138 Å². The van der Waals surface area contributed by atoms with E-state index in [9.17, 15) is 14.7 Å². The molecule has 24 heavy (non-hydrogen) atoms. The molecule has 1 spiro atoms. The van der Waals surface area contributed by atoms with Crippen LogP contribution in [0, 0.1) is 0 Å². The van der Waals surface area contributed by atoms with E-state index in [1.165, 1.54) is 16.8 Å². The van der Waals surface area contributed by atoms with E-state index in [1.807, 2.05) is 6.92 Å². The van der Waals surface area contributed by atoms with Gasteiger partial charge < -0.3 is 19.3 Å². The summed E-state index contributed by atoms with van der Waals surface area (Å²) in [4.78, 5) is 25.7. The van der Waals surface area contributed by atoms with Crippen molar-refractivity contribution < 1.29 is 19.3 Å². The van der Waals surface area contributed by atoms with Crippen LogP contribution in [0.1, 0.15) is 45.3 Å². The number of nitrogens with zero attached hydrogens (tertiary/aromatic N) is 1. The number of ether oxygens (including phenoxy) is 3. The van der Waals surface area contributed by atoms with Crippen molar-refractivity contribution in [1.82, 2.24) is 9.55 Å². The number of hydrogen-bond donors (Lipinski definition) is 2. The second kappa shape index (κ2) is 5.52. The first-order valence-corrected chi connectivity index (χ1v) is 8.48. The third-order valence-corrected chi connectivity index (χ3v) is 5.50. The summed E-state index contributed by atoms with van der Waals surface area (Å²) in [7, 11) is 0. The number of nitrogens with one attached hydrogen (secondary N) is 1. The van der Waals surface area contributed by atoms with Crippen LogP contribution in [0.2, 0.25) is 0 Å². The van der Waals surface area contributed by atoms with Gasteiger partial charge in [-0.3, -0.25) is 14.3 Å². The molecule has 2 N–H and O–H groups in total. The van der Waals surface area contributed by atoms with Gasteiger partial charge in [-0.05, 0) is 19.3 Å². The third kappa shape index (κ3) is 2.21. The van der Waals surface area contributed by atoms with Gasteiger partial charge in [0.2, 0.25) is 0 Å². The monoisotopic (exact) mass is 338 g/mol. The van der Waals surface area contributed by atoms with Gasteiger partial charge in [0.15, 0.2) is 12.0 Å². The first kappa shape index (κ1) is 16.0. The first-order chi connectivity index (χ1) is 11.5. The molecular weight excluding hydrogens is 316 g/mol. The van der Waals surface area contributed by atoms with Crippen molar-refractivity contribution in [2.45, 2.75) is 68.9 Å². The van der Waals surface area contributed by atoms with Gasteiger partial charge in [0.1, 0.15) is 17.8 Å². The molecule has 3 aliphatic rings. The van der Waals surface area contributed by atoms with Crippen LogP contribution in [0.3, 0.4) is 0 Å². The lowest BCUT2D eigenvalue weighted by molar-refractivity contribution is -0.240. The number of fused-ring (bicyclic) bond motifs is 1. The van der Waals surface area contributed by atoms with E-state index in [1.54, 1.807) is 0 Å². The third-order valence-electron chi connectivity index (χ3n) is 5.50. The summed E-state index contributed by atoms with van der Waals surface area (Å²) < 4.78 is 19.9. The highest BCUT2D eigenvalue weighted by molar-refractivity contribution is 5.07. The number of rotatable bonds is 3. The molecule has 2 saturated heterocycles. The smallest absolute Gasteiger partial charge is 0.330 e. The number of aromatic nitrogens is 2. The standard InChI is InChI=1S/C16H22N2O6/c1-2-15(9-19)12-11(22-16(23-12)6-3-4-7-16)13(24-15)18-8-5-10(20)17-14(18)21/h5,8,11-13,19H,2-4,6-7,9H2,1H3,(H,17,20,21)/t11-,12+,13-,15-/m1/s1. The lowest BCUT2D eigenvalue weighted by atomic mass is 9.93. The highest BCUT2D eigenvalue weighted by atomic mass is 16.8. The zero-order chi connectivity index (χ0) is 16.9. The van der Waals surface area contributed by atoms with Crippen LogP contribution < -0.4 is 11.2 Å². The lowest BCUT2D eigenvalue weighted by Crippen LogP contribution is -2.46. The SMILES string of the molecule is CC[C@]1(CO)O[C@@H](n2ccc(=O)[nH]c2=O)[C@@H]2OC3(CCCC3)O[C@@H]21. The lowest BCUT2D eigenvalue weighted by Gasteiger charge is -2.33. The van der Waals surface area contributed by atoms with Crippen LogP contribution in [-0.2, 0) is 14.2 Å². The summed E-state index contributed by atoms with van der Waals surface area (Å²) in [6, 6.07) is 1.27. The van der Waals surface area contributed by atoms with Crippen LogP contribution in [0.4, 0.5) is 0 Å². The van der Waals surface area contributed by atoms with Crippen molar-refractivity contribution in [2.75, 3.05) is 6.61 Å². The van der Waals surface area contributed by atoms with E-state index in [2.05, 4.69) is 4.98 Å². The van der Waals surface area contributed by atoms with Crippen molar-refractivity contribution in [1.29, 1.82) is 0 Å². The maximum absolute atomic E-state index is 12.2. The van der Waals surface area contributed by atoms with Crippen molar-refractivity contribution in [2.24, 2.45) is 0 Å². The molecule has 3 fully saturated rings. The maximum atomic E-state index is 12.2. The highest BCUT2D eigenvalue weighted by Crippen LogP contribution is 2.53. The molecule has 2 aliphatic heterocycles. The second-order valence-electron chi connectivity index (χ2n) is 6.84. The zero-order valence-electron chi connectivity index (χ0n) is 13.6. The van der Waals surface area contributed by atoms with Gasteiger partial charge in [-0.2, -0.15) is 0 Å². The normalized spacial score (nSPS) is 37.2. The number of aliphatic hydroxyl groups is 1. The first-order valence-electron chi connectivity index (χ1n) is 8.48. The Bertz CT molecular complexity index is 731.